The van der Waals surface area contributed by atoms with E-state index in [1.54, 1.807) is 25.4 Å². The van der Waals surface area contributed by atoms with E-state index >= 15 is 4.39 Å². The van der Waals surface area contributed by atoms with Gasteiger partial charge < -0.3 is 14.2 Å². The van der Waals surface area contributed by atoms with Gasteiger partial charge in [0, 0.05) is 39.5 Å². The van der Waals surface area contributed by atoms with E-state index in [4.69, 9.17) is 19.2 Å². The molecule has 5 rings (SSSR count). The highest BCUT2D eigenvalue weighted by Gasteiger charge is 2.27. The van der Waals surface area contributed by atoms with Crippen molar-refractivity contribution in [2.24, 2.45) is 0 Å². The molecule has 0 unspecified atom stereocenters. The van der Waals surface area contributed by atoms with E-state index in [2.05, 4.69) is 30.5 Å². The van der Waals surface area contributed by atoms with Crippen molar-refractivity contribution < 1.29 is 27.0 Å². The summed E-state index contributed by atoms with van der Waals surface area (Å²) in [5, 5.41) is 0.719. The number of hydrogen-bond donors (Lipinski definition) is 1. The molecule has 1 N–H and O–H groups in total. The van der Waals surface area contributed by atoms with Crippen LogP contribution >= 0.6 is 0 Å². The van der Waals surface area contributed by atoms with Crippen LogP contribution in [0.25, 0.3) is 33.2 Å². The molecule has 2 heterocycles. The fraction of sp³-hybridized carbons (Fsp3) is 0.235. The lowest BCUT2D eigenvalue weighted by atomic mass is 9.83. The number of fused-ring (bicyclic) bond motifs is 1. The summed E-state index contributed by atoms with van der Waals surface area (Å²) in [5.74, 6) is 0.0536. The van der Waals surface area contributed by atoms with Crippen LogP contribution in [0.2, 0.25) is 0 Å². The number of anilines is 1. The lowest BCUT2D eigenvalue weighted by Crippen LogP contribution is -2.14. The molecule has 0 aliphatic carbocycles. The monoisotopic (exact) mass is 615 g/mol. The number of pyridine rings is 2. The number of rotatable bonds is 9. The Labute approximate surface area is 256 Å². The van der Waals surface area contributed by atoms with E-state index in [1.165, 1.54) is 13.2 Å². The predicted molar refractivity (Wildman–Crippen MR) is 171 cm³/mol. The molecule has 5 aromatic rings. The van der Waals surface area contributed by atoms with Crippen LogP contribution in [0.4, 0.5) is 10.1 Å². The second-order valence-electron chi connectivity index (χ2n) is 11.4. The molecule has 0 saturated heterocycles. The number of aromatic nitrogens is 2. The zero-order valence-electron chi connectivity index (χ0n) is 25.4. The van der Waals surface area contributed by atoms with Crippen molar-refractivity contribution in [3.8, 4) is 39.8 Å². The number of nitrogens with zero attached hydrogens (tertiary/aromatic N) is 2. The first-order chi connectivity index (χ1) is 20.9. The molecule has 0 amide bonds. The fourth-order valence-electron chi connectivity index (χ4n) is 4.99. The maximum Gasteiger partial charge on any atom is 0.253 e. The molecule has 44 heavy (non-hydrogen) atoms. The van der Waals surface area contributed by atoms with Gasteiger partial charge in [-0.15, -0.1) is 0 Å². The summed E-state index contributed by atoms with van der Waals surface area (Å²) < 4.78 is 58.4. The first-order valence-corrected chi connectivity index (χ1v) is 15.8. The maximum absolute atomic E-state index is 15.2. The van der Waals surface area contributed by atoms with Gasteiger partial charge in [-0.1, -0.05) is 63.2 Å². The van der Waals surface area contributed by atoms with Crippen LogP contribution in [0.3, 0.4) is 0 Å². The number of methoxy groups -OCH3 is 2. The summed E-state index contributed by atoms with van der Waals surface area (Å²) in [4.78, 5) is 9.25. The second kappa shape index (κ2) is 12.1. The molecule has 0 aliphatic rings. The smallest absolute Gasteiger partial charge is 0.253 e. The van der Waals surface area contributed by atoms with Crippen LogP contribution < -0.4 is 18.9 Å². The van der Waals surface area contributed by atoms with Crippen molar-refractivity contribution in [1.82, 2.24) is 9.97 Å². The Morgan fingerprint density at radius 1 is 0.864 bits per heavy atom. The minimum atomic E-state index is -3.40. The van der Waals surface area contributed by atoms with Crippen molar-refractivity contribution in [2.75, 3.05) is 25.2 Å². The lowest BCUT2D eigenvalue weighted by molar-refractivity contribution is 0.284. The van der Waals surface area contributed by atoms with Gasteiger partial charge in [-0.05, 0) is 46.9 Å². The SMILES string of the molecule is COc1nc(OCc2ccccc2)c(-c2cc(C(C)(C)C)c(OC)c3cc(-c4ccc(NS(C)(=O)=O)cc4)cnc23)cc1F. The summed E-state index contributed by atoms with van der Waals surface area (Å²) >= 11 is 0. The topological polar surface area (TPSA) is 99.6 Å². The van der Waals surface area contributed by atoms with Crippen molar-refractivity contribution in [3.63, 3.8) is 0 Å². The third-order valence-electron chi connectivity index (χ3n) is 7.07. The zero-order chi connectivity index (χ0) is 31.6. The molecule has 3 aromatic carbocycles. The van der Waals surface area contributed by atoms with Crippen molar-refractivity contribution in [2.45, 2.75) is 32.8 Å². The Bertz CT molecular complexity index is 1920. The summed E-state index contributed by atoms with van der Waals surface area (Å²) in [6.45, 7) is 6.44. The van der Waals surface area contributed by atoms with Gasteiger partial charge in [0.1, 0.15) is 12.4 Å². The minimum Gasteiger partial charge on any atom is -0.496 e. The number of ether oxygens (including phenoxy) is 3. The Morgan fingerprint density at radius 3 is 2.18 bits per heavy atom. The molecular weight excluding hydrogens is 581 g/mol. The molecule has 0 atom stereocenters. The first-order valence-electron chi connectivity index (χ1n) is 13.9. The first kappa shape index (κ1) is 30.7. The number of halogens is 1. The maximum atomic E-state index is 15.2. The van der Waals surface area contributed by atoms with Crippen LogP contribution in [0.1, 0.15) is 31.9 Å². The molecule has 8 nitrogen and oxygen atoms in total. The van der Waals surface area contributed by atoms with Gasteiger partial charge in [-0.3, -0.25) is 9.71 Å². The third kappa shape index (κ3) is 6.60. The van der Waals surface area contributed by atoms with Crippen LogP contribution in [0, 0.1) is 5.82 Å². The van der Waals surface area contributed by atoms with E-state index in [9.17, 15) is 8.42 Å². The molecule has 0 aliphatic heterocycles. The molecule has 0 spiro atoms. The highest BCUT2D eigenvalue weighted by atomic mass is 32.2. The van der Waals surface area contributed by atoms with Gasteiger partial charge in [0.25, 0.3) is 5.88 Å². The number of sulfonamides is 1. The van der Waals surface area contributed by atoms with E-state index in [1.807, 2.05) is 54.6 Å². The minimum absolute atomic E-state index is 0.172. The van der Waals surface area contributed by atoms with Gasteiger partial charge in [-0.25, -0.2) is 12.8 Å². The van der Waals surface area contributed by atoms with E-state index in [-0.39, 0.29) is 23.8 Å². The molecule has 0 bridgehead atoms. The Balaban J connectivity index is 1.71. The fourth-order valence-corrected chi connectivity index (χ4v) is 5.55. The Hall–Kier alpha value is -4.70. The summed E-state index contributed by atoms with van der Waals surface area (Å²) in [6, 6.07) is 21.9. The highest BCUT2D eigenvalue weighted by Crippen LogP contribution is 2.45. The van der Waals surface area contributed by atoms with Gasteiger partial charge >= 0.3 is 0 Å². The molecule has 10 heteroatoms. The third-order valence-corrected chi connectivity index (χ3v) is 7.67. The van der Waals surface area contributed by atoms with E-state index in [0.717, 1.165) is 33.9 Å². The van der Waals surface area contributed by atoms with Crippen molar-refractivity contribution in [1.29, 1.82) is 0 Å². The van der Waals surface area contributed by atoms with E-state index < -0.39 is 15.8 Å². The van der Waals surface area contributed by atoms with E-state index in [0.29, 0.717) is 28.1 Å². The van der Waals surface area contributed by atoms with Crippen LogP contribution in [-0.2, 0) is 22.0 Å². The van der Waals surface area contributed by atoms with Crippen LogP contribution in [-0.4, -0.2) is 38.9 Å². The molecule has 2 aromatic heterocycles. The van der Waals surface area contributed by atoms with Crippen LogP contribution in [0.5, 0.6) is 17.5 Å². The van der Waals surface area contributed by atoms with Gasteiger partial charge in [-0.2, -0.15) is 4.98 Å². The van der Waals surface area contributed by atoms with Crippen LogP contribution in [0.15, 0.2) is 79.0 Å². The molecule has 0 fully saturated rings. The Kier molecular flexibility index (Phi) is 8.47. The normalized spacial score (nSPS) is 11.8. The second-order valence-corrected chi connectivity index (χ2v) is 13.2. The van der Waals surface area contributed by atoms with Gasteiger partial charge in [0.2, 0.25) is 15.9 Å². The quantitative estimate of drug-likeness (QED) is 0.185. The van der Waals surface area contributed by atoms with Gasteiger partial charge in [0.15, 0.2) is 5.82 Å². The predicted octanol–water partition coefficient (Wildman–Crippen LogP) is 7.37. The number of benzene rings is 3. The summed E-state index contributed by atoms with van der Waals surface area (Å²) in [5.41, 5.74) is 5.16. The average Bonchev–Trinajstić information content (AvgIpc) is 2.98. The van der Waals surface area contributed by atoms with Crippen molar-refractivity contribution >= 4 is 26.6 Å². The molecule has 0 saturated carbocycles. The standard InChI is InChI=1S/C34H34FN3O5S/c1-34(2,3)28-17-25(26-18-29(35)33(42-5)37-32(26)43-20-21-10-8-7-9-11-21)30-27(31(28)41-4)16-23(19-36-30)22-12-14-24(15-13-22)38-44(6,39)40/h7-19,38H,20H2,1-6H3. The number of nitrogens with one attached hydrogen (secondary N) is 1. The van der Waals surface area contributed by atoms with Gasteiger partial charge in [0.05, 0.1) is 26.0 Å². The number of hydrogen-bond acceptors (Lipinski definition) is 7. The molecule has 228 valence electrons. The molecular formula is C34H34FN3O5S. The summed E-state index contributed by atoms with van der Waals surface area (Å²) in [7, 11) is -0.426. The largest absolute Gasteiger partial charge is 0.496 e. The average molecular weight is 616 g/mol. The highest BCUT2D eigenvalue weighted by molar-refractivity contribution is 7.92. The summed E-state index contributed by atoms with van der Waals surface area (Å²) in [6.07, 6.45) is 2.83. The Morgan fingerprint density at radius 2 is 1.57 bits per heavy atom. The zero-order valence-corrected chi connectivity index (χ0v) is 26.3. The lowest BCUT2D eigenvalue weighted by Gasteiger charge is -2.25. The van der Waals surface area contributed by atoms with Crippen molar-refractivity contribution in [3.05, 3.63) is 95.9 Å². The molecule has 0 radical (unpaired) electrons.